The molecular weight excluding hydrogens is 312 g/mol. The predicted octanol–water partition coefficient (Wildman–Crippen LogP) is 2.08. The van der Waals surface area contributed by atoms with Crippen molar-refractivity contribution in [1.29, 1.82) is 0 Å². The fourth-order valence-corrected chi connectivity index (χ4v) is 3.03. The minimum Gasteiger partial charge on any atom is -0.356 e. The Morgan fingerprint density at radius 3 is 2.68 bits per heavy atom. The van der Waals surface area contributed by atoms with E-state index < -0.39 is 0 Å². The highest BCUT2D eigenvalue weighted by Crippen LogP contribution is 2.18. The largest absolute Gasteiger partial charge is 0.356 e. The van der Waals surface area contributed by atoms with Crippen LogP contribution in [0.4, 0.5) is 5.82 Å². The average molecular weight is 347 g/mol. The number of piperazine rings is 1. The van der Waals surface area contributed by atoms with Crippen molar-refractivity contribution >= 4 is 11.8 Å². The van der Waals surface area contributed by atoms with E-state index in [4.69, 9.17) is 0 Å². The Morgan fingerprint density at radius 2 is 1.96 bits per heavy atom. The lowest BCUT2D eigenvalue weighted by Crippen LogP contribution is -2.45. The van der Waals surface area contributed by atoms with Crippen LogP contribution in [0.1, 0.15) is 38.2 Å². The summed E-state index contributed by atoms with van der Waals surface area (Å²) in [5.41, 5.74) is 1.22. The maximum absolute atomic E-state index is 4.63. The van der Waals surface area contributed by atoms with E-state index >= 15 is 0 Å². The molecule has 1 saturated heterocycles. The van der Waals surface area contributed by atoms with Gasteiger partial charge in [-0.1, -0.05) is 32.3 Å². The molecule has 1 aliphatic heterocycles. The highest BCUT2D eigenvalue weighted by atomic mass is 15.3. The van der Waals surface area contributed by atoms with Gasteiger partial charge in [0.25, 0.3) is 0 Å². The zero-order valence-electron chi connectivity index (χ0n) is 16.1. The maximum atomic E-state index is 4.63. The van der Waals surface area contributed by atoms with E-state index in [9.17, 15) is 0 Å². The van der Waals surface area contributed by atoms with Gasteiger partial charge in [-0.3, -0.25) is 4.99 Å². The Morgan fingerprint density at radius 1 is 1.16 bits per heavy atom. The van der Waals surface area contributed by atoms with Crippen LogP contribution in [0.2, 0.25) is 0 Å². The lowest BCUT2D eigenvalue weighted by Gasteiger charge is -2.34. The molecule has 140 valence electrons. The molecule has 2 rings (SSSR count). The van der Waals surface area contributed by atoms with Gasteiger partial charge in [0.05, 0.1) is 0 Å². The summed E-state index contributed by atoms with van der Waals surface area (Å²) in [5, 5.41) is 6.83. The van der Waals surface area contributed by atoms with Gasteiger partial charge >= 0.3 is 0 Å². The molecule has 1 aliphatic rings. The molecule has 0 aliphatic carbocycles. The summed E-state index contributed by atoms with van der Waals surface area (Å²) in [6.07, 6.45) is 6.92. The zero-order valence-corrected chi connectivity index (χ0v) is 16.1. The first kappa shape index (κ1) is 19.5. The van der Waals surface area contributed by atoms with Crippen molar-refractivity contribution < 1.29 is 0 Å². The van der Waals surface area contributed by atoms with Gasteiger partial charge in [-0.15, -0.1) is 0 Å². The zero-order chi connectivity index (χ0) is 17.9. The first-order valence-corrected chi connectivity index (χ1v) is 9.56. The fraction of sp³-hybridized carbons (Fsp3) is 0.684. The number of nitrogens with one attached hydrogen (secondary N) is 2. The fourth-order valence-electron chi connectivity index (χ4n) is 3.03. The number of guanidine groups is 1. The molecule has 1 aromatic heterocycles. The van der Waals surface area contributed by atoms with Crippen LogP contribution in [0.25, 0.3) is 0 Å². The molecule has 2 N–H and O–H groups in total. The Balaban J connectivity index is 1.85. The normalized spacial score (nSPS) is 16.1. The van der Waals surface area contributed by atoms with Gasteiger partial charge in [0.15, 0.2) is 5.96 Å². The maximum Gasteiger partial charge on any atom is 0.191 e. The molecular formula is C19H34N6. The van der Waals surface area contributed by atoms with Gasteiger partial charge in [-0.05, 0) is 19.5 Å². The summed E-state index contributed by atoms with van der Waals surface area (Å²) in [7, 11) is 4.00. The third-order valence-electron chi connectivity index (χ3n) is 4.66. The number of aliphatic imine (C=N–C) groups is 1. The van der Waals surface area contributed by atoms with Crippen molar-refractivity contribution in [2.24, 2.45) is 4.99 Å². The van der Waals surface area contributed by atoms with E-state index in [0.29, 0.717) is 0 Å². The number of anilines is 1. The first-order chi connectivity index (χ1) is 12.2. The van der Waals surface area contributed by atoms with E-state index in [-0.39, 0.29) is 0 Å². The highest BCUT2D eigenvalue weighted by Gasteiger charge is 2.17. The molecule has 1 fully saturated rings. The minimum atomic E-state index is 0.740. The summed E-state index contributed by atoms with van der Waals surface area (Å²) in [6.45, 7) is 8.19. The number of hydrogen-bond donors (Lipinski definition) is 2. The van der Waals surface area contributed by atoms with Crippen molar-refractivity contribution in [3.63, 3.8) is 0 Å². The van der Waals surface area contributed by atoms with Crippen LogP contribution in [0, 0.1) is 0 Å². The van der Waals surface area contributed by atoms with Gasteiger partial charge < -0.3 is 20.4 Å². The molecule has 2 heterocycles. The number of nitrogens with zero attached hydrogens (tertiary/aromatic N) is 4. The van der Waals surface area contributed by atoms with Crippen molar-refractivity contribution in [2.45, 2.75) is 39.2 Å². The smallest absolute Gasteiger partial charge is 0.191 e. The van der Waals surface area contributed by atoms with Crippen molar-refractivity contribution in [3.8, 4) is 0 Å². The SMILES string of the molecule is CCCCCCNC(=NC)NCc1cccnc1N1CCN(C)CC1. The molecule has 0 radical (unpaired) electrons. The summed E-state index contributed by atoms with van der Waals surface area (Å²) >= 11 is 0. The third-order valence-corrected chi connectivity index (χ3v) is 4.66. The van der Waals surface area contributed by atoms with E-state index in [0.717, 1.165) is 51.0 Å². The molecule has 6 nitrogen and oxygen atoms in total. The van der Waals surface area contributed by atoms with Crippen LogP contribution < -0.4 is 15.5 Å². The van der Waals surface area contributed by atoms with Gasteiger partial charge in [-0.2, -0.15) is 0 Å². The monoisotopic (exact) mass is 346 g/mol. The van der Waals surface area contributed by atoms with E-state index in [1.165, 1.54) is 31.2 Å². The van der Waals surface area contributed by atoms with Gasteiger partial charge in [-0.25, -0.2) is 4.98 Å². The Labute approximate surface area is 152 Å². The average Bonchev–Trinajstić information content (AvgIpc) is 2.65. The highest BCUT2D eigenvalue weighted by molar-refractivity contribution is 5.79. The third kappa shape index (κ3) is 6.53. The standard InChI is InChI=1S/C19H34N6/c1-4-5-6-7-10-22-19(20-2)23-16-17-9-8-11-21-18(17)25-14-12-24(3)13-15-25/h8-9,11H,4-7,10,12-16H2,1-3H3,(H2,20,22,23). The summed E-state index contributed by atoms with van der Waals surface area (Å²) in [4.78, 5) is 13.7. The molecule has 6 heteroatoms. The van der Waals surface area contributed by atoms with Crippen LogP contribution in [0.3, 0.4) is 0 Å². The second-order valence-electron chi connectivity index (χ2n) is 6.69. The van der Waals surface area contributed by atoms with Crippen LogP contribution in [0.5, 0.6) is 0 Å². The topological polar surface area (TPSA) is 55.8 Å². The van der Waals surface area contributed by atoms with Gasteiger partial charge in [0.2, 0.25) is 0 Å². The molecule has 0 spiro atoms. The van der Waals surface area contributed by atoms with Crippen LogP contribution >= 0.6 is 0 Å². The second-order valence-corrected chi connectivity index (χ2v) is 6.69. The van der Waals surface area contributed by atoms with Crippen LogP contribution in [-0.4, -0.2) is 62.7 Å². The Hall–Kier alpha value is -1.82. The van der Waals surface area contributed by atoms with E-state index in [2.05, 4.69) is 50.4 Å². The lowest BCUT2D eigenvalue weighted by atomic mass is 10.2. The number of unbranched alkanes of at least 4 members (excludes halogenated alkanes) is 3. The molecule has 1 aromatic rings. The summed E-state index contributed by atoms with van der Waals surface area (Å²) in [5.74, 6) is 1.96. The van der Waals surface area contributed by atoms with E-state index in [1.807, 2.05) is 19.3 Å². The Kier molecular flexibility index (Phi) is 8.52. The lowest BCUT2D eigenvalue weighted by molar-refractivity contribution is 0.312. The number of likely N-dealkylation sites (N-methyl/N-ethyl adjacent to an activating group) is 1. The molecule has 0 saturated carbocycles. The van der Waals surface area contributed by atoms with Gasteiger partial charge in [0, 0.05) is 58.1 Å². The van der Waals surface area contributed by atoms with Crippen LogP contribution in [-0.2, 0) is 6.54 Å². The van der Waals surface area contributed by atoms with E-state index in [1.54, 1.807) is 0 Å². The summed E-state index contributed by atoms with van der Waals surface area (Å²) in [6, 6.07) is 4.17. The van der Waals surface area contributed by atoms with Crippen molar-refractivity contribution in [2.75, 3.05) is 51.7 Å². The number of aromatic nitrogens is 1. The molecule has 0 amide bonds. The van der Waals surface area contributed by atoms with Crippen molar-refractivity contribution in [1.82, 2.24) is 20.5 Å². The molecule has 0 bridgehead atoms. The van der Waals surface area contributed by atoms with Gasteiger partial charge in [0.1, 0.15) is 5.82 Å². The predicted molar refractivity (Wildman–Crippen MR) is 106 cm³/mol. The minimum absolute atomic E-state index is 0.740. The Bertz CT molecular complexity index is 522. The number of pyridine rings is 1. The van der Waals surface area contributed by atoms with Crippen molar-refractivity contribution in [3.05, 3.63) is 23.9 Å². The second kappa shape index (κ2) is 10.9. The first-order valence-electron chi connectivity index (χ1n) is 9.56. The number of hydrogen-bond acceptors (Lipinski definition) is 4. The molecule has 0 aromatic carbocycles. The molecule has 25 heavy (non-hydrogen) atoms. The van der Waals surface area contributed by atoms with Crippen LogP contribution in [0.15, 0.2) is 23.3 Å². The molecule has 0 atom stereocenters. The molecule has 0 unspecified atom stereocenters. The summed E-state index contributed by atoms with van der Waals surface area (Å²) < 4.78 is 0. The quantitative estimate of drug-likeness (QED) is 0.429. The number of rotatable bonds is 8.